The predicted molar refractivity (Wildman–Crippen MR) is 85.6 cm³/mol. The Bertz CT molecular complexity index is 611. The Kier molecular flexibility index (Phi) is 5.80. The fourth-order valence-electron chi connectivity index (χ4n) is 2.50. The molecule has 2 rings (SSSR count). The number of benzene rings is 1. The first-order valence-corrected chi connectivity index (χ1v) is 9.04. The van der Waals surface area contributed by atoms with Crippen molar-refractivity contribution in [3.8, 4) is 0 Å². The van der Waals surface area contributed by atoms with E-state index in [0.29, 0.717) is 37.5 Å². The second-order valence-corrected chi connectivity index (χ2v) is 7.37. The van der Waals surface area contributed by atoms with Gasteiger partial charge in [-0.1, -0.05) is 23.7 Å². The number of amides is 1. The van der Waals surface area contributed by atoms with E-state index in [0.717, 1.165) is 12.0 Å². The number of carbonyl (C=O) groups is 1. The standard InChI is InChI=1S/C14H20ClN3O3S/c15-13-3-1-11(2-4-13)5-8-17-14(19)12-6-9-18(10-7-12)22(16,20)21/h1-4,12H,5-10H2,(H,17,19)(H2,16,20,21). The molecular formula is C14H20ClN3O3S. The Hall–Kier alpha value is -1.15. The van der Waals surface area contributed by atoms with Crippen LogP contribution in [0.5, 0.6) is 0 Å². The molecule has 1 aromatic carbocycles. The lowest BCUT2D eigenvalue weighted by atomic mass is 9.97. The van der Waals surface area contributed by atoms with Crippen LogP contribution in [0.15, 0.2) is 24.3 Å². The summed E-state index contributed by atoms with van der Waals surface area (Å²) in [6, 6.07) is 7.50. The van der Waals surface area contributed by atoms with Crippen LogP contribution in [-0.4, -0.2) is 38.3 Å². The summed E-state index contributed by atoms with van der Waals surface area (Å²) in [5, 5.41) is 8.66. The van der Waals surface area contributed by atoms with Crippen LogP contribution in [0.4, 0.5) is 0 Å². The average Bonchev–Trinajstić information content (AvgIpc) is 2.48. The lowest BCUT2D eigenvalue weighted by Crippen LogP contribution is -2.45. The number of hydrogen-bond acceptors (Lipinski definition) is 3. The zero-order valence-electron chi connectivity index (χ0n) is 12.2. The van der Waals surface area contributed by atoms with Gasteiger partial charge in [-0.3, -0.25) is 4.79 Å². The summed E-state index contributed by atoms with van der Waals surface area (Å²) in [5.74, 6) is -0.175. The summed E-state index contributed by atoms with van der Waals surface area (Å²) in [4.78, 5) is 12.1. The van der Waals surface area contributed by atoms with Crippen molar-refractivity contribution in [2.24, 2.45) is 11.1 Å². The van der Waals surface area contributed by atoms with Gasteiger partial charge in [0.15, 0.2) is 0 Å². The molecule has 1 saturated heterocycles. The van der Waals surface area contributed by atoms with Crippen LogP contribution in [0.1, 0.15) is 18.4 Å². The Balaban J connectivity index is 1.73. The van der Waals surface area contributed by atoms with E-state index in [1.165, 1.54) is 4.31 Å². The maximum absolute atomic E-state index is 12.1. The number of nitrogens with two attached hydrogens (primary N) is 1. The first-order valence-electron chi connectivity index (χ1n) is 7.16. The Morgan fingerprint density at radius 3 is 2.41 bits per heavy atom. The molecule has 1 aliphatic heterocycles. The molecule has 1 fully saturated rings. The van der Waals surface area contributed by atoms with Crippen molar-refractivity contribution in [1.82, 2.24) is 9.62 Å². The Labute approximate surface area is 135 Å². The molecule has 3 N–H and O–H groups in total. The minimum absolute atomic E-state index is 0.0250. The summed E-state index contributed by atoms with van der Waals surface area (Å²) in [7, 11) is -3.64. The summed E-state index contributed by atoms with van der Waals surface area (Å²) >= 11 is 5.82. The molecule has 0 saturated carbocycles. The third-order valence-electron chi connectivity index (χ3n) is 3.81. The van der Waals surface area contributed by atoms with E-state index >= 15 is 0 Å². The minimum atomic E-state index is -3.64. The lowest BCUT2D eigenvalue weighted by Gasteiger charge is -2.29. The lowest BCUT2D eigenvalue weighted by molar-refractivity contribution is -0.126. The number of hydrogen-bond donors (Lipinski definition) is 2. The van der Waals surface area contributed by atoms with Crippen LogP contribution in [0.2, 0.25) is 5.02 Å². The van der Waals surface area contributed by atoms with Crippen molar-refractivity contribution in [2.75, 3.05) is 19.6 Å². The van der Waals surface area contributed by atoms with Crippen LogP contribution < -0.4 is 10.5 Å². The highest BCUT2D eigenvalue weighted by Gasteiger charge is 2.28. The highest BCUT2D eigenvalue weighted by atomic mass is 35.5. The predicted octanol–water partition coefficient (Wildman–Crippen LogP) is 0.914. The third-order valence-corrected chi connectivity index (χ3v) is 5.15. The zero-order chi connectivity index (χ0) is 16.2. The van der Waals surface area contributed by atoms with E-state index in [-0.39, 0.29) is 11.8 Å². The van der Waals surface area contributed by atoms with Crippen LogP contribution in [-0.2, 0) is 21.4 Å². The SMILES string of the molecule is NS(=O)(=O)N1CCC(C(=O)NCCc2ccc(Cl)cc2)CC1. The van der Waals surface area contributed by atoms with Gasteiger partial charge in [0, 0.05) is 30.6 Å². The average molecular weight is 346 g/mol. The molecule has 1 amide bonds. The normalized spacial score (nSPS) is 17.4. The number of carbonyl (C=O) groups excluding carboxylic acids is 1. The van der Waals surface area contributed by atoms with Crippen molar-refractivity contribution >= 4 is 27.7 Å². The zero-order valence-corrected chi connectivity index (χ0v) is 13.7. The van der Waals surface area contributed by atoms with Gasteiger partial charge < -0.3 is 5.32 Å². The van der Waals surface area contributed by atoms with E-state index < -0.39 is 10.2 Å². The summed E-state index contributed by atoms with van der Waals surface area (Å²) in [6.45, 7) is 1.15. The fraction of sp³-hybridized carbons (Fsp3) is 0.500. The summed E-state index contributed by atoms with van der Waals surface area (Å²) < 4.78 is 23.6. The third kappa shape index (κ3) is 4.95. The van der Waals surface area contributed by atoms with Gasteiger partial charge >= 0.3 is 0 Å². The van der Waals surface area contributed by atoms with E-state index in [1.54, 1.807) is 0 Å². The summed E-state index contributed by atoms with van der Waals surface area (Å²) in [5.41, 5.74) is 1.11. The van der Waals surface area contributed by atoms with Crippen LogP contribution in [0.3, 0.4) is 0 Å². The maximum Gasteiger partial charge on any atom is 0.276 e. The second kappa shape index (κ2) is 7.41. The first-order chi connectivity index (χ1) is 10.4. The molecule has 8 heteroatoms. The van der Waals surface area contributed by atoms with Gasteiger partial charge in [0.25, 0.3) is 10.2 Å². The quantitative estimate of drug-likeness (QED) is 0.830. The largest absolute Gasteiger partial charge is 0.356 e. The molecule has 1 heterocycles. The molecule has 6 nitrogen and oxygen atoms in total. The smallest absolute Gasteiger partial charge is 0.276 e. The van der Waals surface area contributed by atoms with Crippen molar-refractivity contribution < 1.29 is 13.2 Å². The number of nitrogens with zero attached hydrogens (tertiary/aromatic N) is 1. The van der Waals surface area contributed by atoms with Crippen LogP contribution >= 0.6 is 11.6 Å². The molecule has 1 aromatic rings. The molecule has 0 radical (unpaired) electrons. The van der Waals surface area contributed by atoms with E-state index in [2.05, 4.69) is 5.32 Å². The van der Waals surface area contributed by atoms with E-state index in [9.17, 15) is 13.2 Å². The van der Waals surface area contributed by atoms with E-state index in [4.69, 9.17) is 16.7 Å². The monoisotopic (exact) mass is 345 g/mol. The molecule has 0 unspecified atom stereocenters. The Morgan fingerprint density at radius 1 is 1.27 bits per heavy atom. The Morgan fingerprint density at radius 2 is 1.86 bits per heavy atom. The molecule has 122 valence electrons. The van der Waals surface area contributed by atoms with Crippen molar-refractivity contribution in [3.05, 3.63) is 34.9 Å². The minimum Gasteiger partial charge on any atom is -0.356 e. The van der Waals surface area contributed by atoms with Crippen LogP contribution in [0, 0.1) is 5.92 Å². The van der Waals surface area contributed by atoms with Crippen molar-refractivity contribution in [2.45, 2.75) is 19.3 Å². The molecule has 0 bridgehead atoms. The number of halogens is 1. The maximum atomic E-state index is 12.1. The second-order valence-electron chi connectivity index (χ2n) is 5.39. The number of rotatable bonds is 5. The van der Waals surface area contributed by atoms with Crippen molar-refractivity contribution in [3.63, 3.8) is 0 Å². The van der Waals surface area contributed by atoms with Gasteiger partial charge in [-0.05, 0) is 37.0 Å². The summed E-state index contributed by atoms with van der Waals surface area (Å²) in [6.07, 6.45) is 1.74. The molecule has 0 spiro atoms. The van der Waals surface area contributed by atoms with Crippen molar-refractivity contribution in [1.29, 1.82) is 0 Å². The van der Waals surface area contributed by atoms with Gasteiger partial charge in [-0.25, -0.2) is 5.14 Å². The molecule has 0 aromatic heterocycles. The highest BCUT2D eigenvalue weighted by Crippen LogP contribution is 2.18. The first kappa shape index (κ1) is 17.2. The van der Waals surface area contributed by atoms with Gasteiger partial charge in [-0.2, -0.15) is 12.7 Å². The van der Waals surface area contributed by atoms with Crippen LogP contribution in [0.25, 0.3) is 0 Å². The fourth-order valence-corrected chi connectivity index (χ4v) is 3.34. The number of piperidine rings is 1. The highest BCUT2D eigenvalue weighted by molar-refractivity contribution is 7.86. The van der Waals surface area contributed by atoms with E-state index in [1.807, 2.05) is 24.3 Å². The van der Waals surface area contributed by atoms with Gasteiger partial charge in [0.2, 0.25) is 5.91 Å². The van der Waals surface area contributed by atoms with Gasteiger partial charge in [-0.15, -0.1) is 0 Å². The molecule has 0 aliphatic carbocycles. The van der Waals surface area contributed by atoms with Gasteiger partial charge in [0.05, 0.1) is 0 Å². The number of nitrogens with one attached hydrogen (secondary N) is 1. The molecule has 0 atom stereocenters. The molecule has 22 heavy (non-hydrogen) atoms. The molecule has 1 aliphatic rings. The van der Waals surface area contributed by atoms with Gasteiger partial charge in [0.1, 0.15) is 0 Å². The molecular weight excluding hydrogens is 326 g/mol. The topological polar surface area (TPSA) is 92.5 Å².